The molecule has 1 aliphatic carbocycles. The maximum absolute atomic E-state index is 5.59. The molecule has 0 saturated heterocycles. The second-order valence-electron chi connectivity index (χ2n) is 5.45. The first-order chi connectivity index (χ1) is 8.88. The van der Waals surface area contributed by atoms with E-state index in [1.165, 1.54) is 42.1 Å². The molecule has 2 aromatic rings. The van der Waals surface area contributed by atoms with Gasteiger partial charge in [-0.25, -0.2) is 0 Å². The number of aromatic nitrogens is 1. The quantitative estimate of drug-likeness (QED) is 0.871. The van der Waals surface area contributed by atoms with Crippen LogP contribution in [0, 0.1) is 0 Å². The lowest BCUT2D eigenvalue weighted by molar-refractivity contribution is 0.535. The summed E-state index contributed by atoms with van der Waals surface area (Å²) < 4.78 is 2.49. The Morgan fingerprint density at radius 1 is 1.17 bits per heavy atom. The molecule has 1 heterocycles. The van der Waals surface area contributed by atoms with Gasteiger partial charge in [0.05, 0.1) is 0 Å². The third-order valence-electron chi connectivity index (χ3n) is 4.18. The first-order valence-corrected chi connectivity index (χ1v) is 7.18. The monoisotopic (exact) mass is 242 g/mol. The van der Waals surface area contributed by atoms with Crippen LogP contribution in [-0.4, -0.2) is 11.1 Å². The number of hydrogen-bond acceptors (Lipinski definition) is 1. The highest BCUT2D eigenvalue weighted by Crippen LogP contribution is 2.33. The maximum Gasteiger partial charge on any atom is 0.0485 e. The fourth-order valence-electron chi connectivity index (χ4n) is 3.16. The van der Waals surface area contributed by atoms with Crippen molar-refractivity contribution >= 4 is 10.9 Å². The van der Waals surface area contributed by atoms with E-state index in [4.69, 9.17) is 5.73 Å². The molecule has 0 unspecified atom stereocenters. The van der Waals surface area contributed by atoms with Crippen LogP contribution in [0.4, 0.5) is 0 Å². The van der Waals surface area contributed by atoms with E-state index in [0.717, 1.165) is 25.4 Å². The summed E-state index contributed by atoms with van der Waals surface area (Å²) in [5, 5.41) is 1.37. The molecular formula is C16H22N2. The van der Waals surface area contributed by atoms with Crippen molar-refractivity contribution < 1.29 is 0 Å². The van der Waals surface area contributed by atoms with Gasteiger partial charge in [-0.2, -0.15) is 0 Å². The Morgan fingerprint density at radius 3 is 2.78 bits per heavy atom. The topological polar surface area (TPSA) is 30.9 Å². The van der Waals surface area contributed by atoms with E-state index in [9.17, 15) is 0 Å². The lowest BCUT2D eigenvalue weighted by Crippen LogP contribution is -2.03. The lowest BCUT2D eigenvalue weighted by atomic mass is 10.1. The molecule has 2 nitrogen and oxygen atoms in total. The molecule has 1 aromatic heterocycles. The van der Waals surface area contributed by atoms with E-state index < -0.39 is 0 Å². The molecule has 1 aromatic carbocycles. The number of nitrogens with zero attached hydrogens (tertiary/aromatic N) is 1. The number of nitrogens with two attached hydrogens (primary N) is 1. The van der Waals surface area contributed by atoms with Crippen LogP contribution in [-0.2, 0) is 6.42 Å². The van der Waals surface area contributed by atoms with E-state index in [-0.39, 0.29) is 0 Å². The second-order valence-corrected chi connectivity index (χ2v) is 5.45. The molecule has 1 fully saturated rings. The van der Waals surface area contributed by atoms with E-state index >= 15 is 0 Å². The zero-order chi connectivity index (χ0) is 12.4. The first kappa shape index (κ1) is 11.8. The summed E-state index contributed by atoms with van der Waals surface area (Å²) in [5.41, 5.74) is 8.43. The second kappa shape index (κ2) is 5.15. The molecule has 2 N–H and O–H groups in total. The molecule has 0 amide bonds. The Bertz CT molecular complexity index is 521. The molecular weight excluding hydrogens is 220 g/mol. The van der Waals surface area contributed by atoms with E-state index in [0.29, 0.717) is 0 Å². The van der Waals surface area contributed by atoms with Crippen LogP contribution in [0.15, 0.2) is 30.5 Å². The van der Waals surface area contributed by atoms with Crippen molar-refractivity contribution in [1.29, 1.82) is 0 Å². The van der Waals surface area contributed by atoms with Crippen LogP contribution in [0.3, 0.4) is 0 Å². The van der Waals surface area contributed by atoms with Gasteiger partial charge in [-0.1, -0.05) is 25.0 Å². The molecule has 1 aliphatic rings. The minimum Gasteiger partial charge on any atom is -0.344 e. The van der Waals surface area contributed by atoms with Crippen molar-refractivity contribution in [2.24, 2.45) is 5.73 Å². The van der Waals surface area contributed by atoms with Crippen LogP contribution in [0.5, 0.6) is 0 Å². The van der Waals surface area contributed by atoms with Gasteiger partial charge in [0.2, 0.25) is 0 Å². The van der Waals surface area contributed by atoms with Gasteiger partial charge in [0.25, 0.3) is 0 Å². The minimum absolute atomic E-state index is 0.729. The minimum atomic E-state index is 0.729. The van der Waals surface area contributed by atoms with Gasteiger partial charge in [-0.15, -0.1) is 0 Å². The SMILES string of the molecule is NCCCc1ccc2ccn(C3CCCC3)c2c1. The zero-order valence-corrected chi connectivity index (χ0v) is 10.9. The average Bonchev–Trinajstić information content (AvgIpc) is 3.04. The van der Waals surface area contributed by atoms with Crippen molar-refractivity contribution in [2.45, 2.75) is 44.6 Å². The summed E-state index contributed by atoms with van der Waals surface area (Å²) >= 11 is 0. The Kier molecular flexibility index (Phi) is 3.37. The summed E-state index contributed by atoms with van der Waals surface area (Å²) in [6.45, 7) is 0.779. The van der Waals surface area contributed by atoms with Crippen molar-refractivity contribution in [2.75, 3.05) is 6.54 Å². The van der Waals surface area contributed by atoms with E-state index in [1.54, 1.807) is 0 Å². The number of aryl methyl sites for hydroxylation is 1. The summed E-state index contributed by atoms with van der Waals surface area (Å²) in [6.07, 6.45) is 9.91. The predicted molar refractivity (Wildman–Crippen MR) is 76.8 cm³/mol. The fourth-order valence-corrected chi connectivity index (χ4v) is 3.16. The number of rotatable bonds is 4. The number of benzene rings is 1. The maximum atomic E-state index is 5.59. The van der Waals surface area contributed by atoms with Crippen molar-refractivity contribution in [1.82, 2.24) is 4.57 Å². The summed E-state index contributed by atoms with van der Waals surface area (Å²) in [7, 11) is 0. The Hall–Kier alpha value is -1.28. The molecule has 96 valence electrons. The highest BCUT2D eigenvalue weighted by atomic mass is 15.0. The first-order valence-electron chi connectivity index (χ1n) is 7.18. The zero-order valence-electron chi connectivity index (χ0n) is 10.9. The molecule has 0 aliphatic heterocycles. The lowest BCUT2D eigenvalue weighted by Gasteiger charge is -2.14. The number of hydrogen-bond donors (Lipinski definition) is 1. The van der Waals surface area contributed by atoms with Gasteiger partial charge < -0.3 is 10.3 Å². The molecule has 0 radical (unpaired) electrons. The van der Waals surface area contributed by atoms with E-state index in [2.05, 4.69) is 35.0 Å². The van der Waals surface area contributed by atoms with Crippen LogP contribution in [0.25, 0.3) is 10.9 Å². The van der Waals surface area contributed by atoms with Crippen molar-refractivity contribution in [3.05, 3.63) is 36.0 Å². The van der Waals surface area contributed by atoms with Crippen LogP contribution in [0.2, 0.25) is 0 Å². The van der Waals surface area contributed by atoms with Gasteiger partial charge in [-0.3, -0.25) is 0 Å². The van der Waals surface area contributed by atoms with Crippen molar-refractivity contribution in [3.8, 4) is 0 Å². The van der Waals surface area contributed by atoms with Gasteiger partial charge in [0, 0.05) is 17.8 Å². The normalized spacial score (nSPS) is 16.7. The molecule has 0 spiro atoms. The highest BCUT2D eigenvalue weighted by Gasteiger charge is 2.17. The predicted octanol–water partition coefficient (Wildman–Crippen LogP) is 3.65. The van der Waals surface area contributed by atoms with Crippen molar-refractivity contribution in [3.63, 3.8) is 0 Å². The molecule has 1 saturated carbocycles. The smallest absolute Gasteiger partial charge is 0.0485 e. The Balaban J connectivity index is 1.94. The van der Waals surface area contributed by atoms with E-state index in [1.807, 2.05) is 0 Å². The van der Waals surface area contributed by atoms with Gasteiger partial charge in [0.1, 0.15) is 0 Å². The average molecular weight is 242 g/mol. The van der Waals surface area contributed by atoms with Gasteiger partial charge >= 0.3 is 0 Å². The summed E-state index contributed by atoms with van der Waals surface area (Å²) in [4.78, 5) is 0. The third kappa shape index (κ3) is 2.17. The fraction of sp³-hybridized carbons (Fsp3) is 0.500. The molecule has 18 heavy (non-hydrogen) atoms. The third-order valence-corrected chi connectivity index (χ3v) is 4.18. The van der Waals surface area contributed by atoms with Gasteiger partial charge in [0.15, 0.2) is 0 Å². The van der Waals surface area contributed by atoms with Crippen LogP contribution < -0.4 is 5.73 Å². The Morgan fingerprint density at radius 2 is 2.00 bits per heavy atom. The summed E-state index contributed by atoms with van der Waals surface area (Å²) in [5.74, 6) is 0. The molecule has 0 atom stereocenters. The largest absolute Gasteiger partial charge is 0.344 e. The van der Waals surface area contributed by atoms with Crippen LogP contribution >= 0.6 is 0 Å². The standard InChI is InChI=1S/C16H22N2/c17-10-3-4-13-7-8-14-9-11-18(16(14)12-13)15-5-1-2-6-15/h7-9,11-12,15H,1-6,10,17H2. The summed E-state index contributed by atoms with van der Waals surface area (Å²) in [6, 6.07) is 9.85. The molecule has 0 bridgehead atoms. The molecule has 3 rings (SSSR count). The Labute approximate surface area is 109 Å². The number of fused-ring (bicyclic) bond motifs is 1. The molecule has 2 heteroatoms. The highest BCUT2D eigenvalue weighted by molar-refractivity contribution is 5.81. The van der Waals surface area contributed by atoms with Gasteiger partial charge in [-0.05, 0) is 55.3 Å². The van der Waals surface area contributed by atoms with Crippen LogP contribution in [0.1, 0.15) is 43.7 Å².